The van der Waals surface area contributed by atoms with E-state index in [0.29, 0.717) is 17.5 Å². The second kappa shape index (κ2) is 9.92. The number of benzene rings is 1. The minimum atomic E-state index is -0.0471. The van der Waals surface area contributed by atoms with Gasteiger partial charge in [0, 0.05) is 49.8 Å². The van der Waals surface area contributed by atoms with E-state index in [0.717, 1.165) is 61.0 Å². The molecule has 176 valence electrons. The van der Waals surface area contributed by atoms with E-state index in [1.165, 1.54) is 0 Å². The standard InChI is InChI=1S/C24H28ClN9/c1-32-11-13-33(14-12-32)22-23-29-16-21(34(23)10-9-27-22)20-6-8-28-24(31-20)30-19(5-7-26)17-3-2-4-18(25)15-17/h2-4,6,8-10,15-16,19H,5,7,11-14,26H2,1H3,(H,28,30,31). The number of halogens is 1. The maximum absolute atomic E-state index is 6.21. The van der Waals surface area contributed by atoms with Crippen LogP contribution < -0.4 is 16.0 Å². The first-order chi connectivity index (χ1) is 16.6. The predicted octanol–water partition coefficient (Wildman–Crippen LogP) is 3.09. The summed E-state index contributed by atoms with van der Waals surface area (Å²) in [5.41, 5.74) is 9.41. The van der Waals surface area contributed by atoms with Gasteiger partial charge in [-0.1, -0.05) is 23.7 Å². The molecule has 1 aliphatic rings. The molecule has 1 unspecified atom stereocenters. The highest BCUT2D eigenvalue weighted by atomic mass is 35.5. The number of rotatable bonds is 7. The van der Waals surface area contributed by atoms with Gasteiger partial charge in [0.25, 0.3) is 0 Å². The molecule has 1 fully saturated rings. The Bertz CT molecular complexity index is 1270. The number of nitrogens with zero attached hydrogens (tertiary/aromatic N) is 7. The van der Waals surface area contributed by atoms with Crippen molar-refractivity contribution in [1.82, 2.24) is 29.2 Å². The SMILES string of the molecule is CN1CCN(c2nccn3c(-c4ccnc(NC(CCN)c5cccc(Cl)c5)n4)cnc23)CC1. The molecule has 0 radical (unpaired) electrons. The van der Waals surface area contributed by atoms with Crippen LogP contribution in [-0.2, 0) is 0 Å². The second-order valence-corrected chi connectivity index (χ2v) is 8.91. The van der Waals surface area contributed by atoms with E-state index < -0.39 is 0 Å². The van der Waals surface area contributed by atoms with Crippen molar-refractivity contribution in [2.45, 2.75) is 12.5 Å². The number of hydrogen-bond acceptors (Lipinski definition) is 8. The molecular formula is C24H28ClN9. The Labute approximate surface area is 203 Å². The lowest BCUT2D eigenvalue weighted by Crippen LogP contribution is -2.45. The van der Waals surface area contributed by atoms with E-state index in [1.807, 2.05) is 53.3 Å². The fourth-order valence-corrected chi connectivity index (χ4v) is 4.47. The number of hydrogen-bond donors (Lipinski definition) is 2. The van der Waals surface area contributed by atoms with Gasteiger partial charge in [-0.25, -0.2) is 19.9 Å². The van der Waals surface area contributed by atoms with E-state index in [9.17, 15) is 0 Å². The highest BCUT2D eigenvalue weighted by Crippen LogP contribution is 2.27. The van der Waals surface area contributed by atoms with Crippen LogP contribution >= 0.6 is 11.6 Å². The van der Waals surface area contributed by atoms with E-state index in [2.05, 4.69) is 32.1 Å². The number of fused-ring (bicyclic) bond motifs is 1. The van der Waals surface area contributed by atoms with Crippen molar-refractivity contribution >= 4 is 29.0 Å². The zero-order valence-electron chi connectivity index (χ0n) is 19.1. The molecule has 3 N–H and O–H groups in total. The lowest BCUT2D eigenvalue weighted by atomic mass is 10.0. The third-order valence-corrected chi connectivity index (χ3v) is 6.38. The maximum Gasteiger partial charge on any atom is 0.223 e. The Morgan fingerprint density at radius 1 is 1.09 bits per heavy atom. The van der Waals surface area contributed by atoms with E-state index in [1.54, 1.807) is 6.20 Å². The van der Waals surface area contributed by atoms with Crippen LogP contribution in [-0.4, -0.2) is 69.0 Å². The first-order valence-electron chi connectivity index (χ1n) is 11.4. The van der Waals surface area contributed by atoms with Gasteiger partial charge < -0.3 is 20.9 Å². The summed E-state index contributed by atoms with van der Waals surface area (Å²) >= 11 is 6.21. The van der Waals surface area contributed by atoms with Crippen molar-refractivity contribution in [1.29, 1.82) is 0 Å². The zero-order chi connectivity index (χ0) is 23.5. The first-order valence-corrected chi connectivity index (χ1v) is 11.8. The monoisotopic (exact) mass is 477 g/mol. The number of anilines is 2. The van der Waals surface area contributed by atoms with Crippen molar-refractivity contribution in [3.8, 4) is 11.4 Å². The fourth-order valence-electron chi connectivity index (χ4n) is 4.28. The van der Waals surface area contributed by atoms with Gasteiger partial charge in [-0.3, -0.25) is 4.40 Å². The molecule has 3 aromatic heterocycles. The third-order valence-electron chi connectivity index (χ3n) is 6.14. The largest absolute Gasteiger partial charge is 0.351 e. The van der Waals surface area contributed by atoms with Gasteiger partial charge in [0.1, 0.15) is 0 Å². The van der Waals surface area contributed by atoms with E-state index in [-0.39, 0.29) is 6.04 Å². The van der Waals surface area contributed by atoms with Crippen LogP contribution in [0.1, 0.15) is 18.0 Å². The Morgan fingerprint density at radius 2 is 1.94 bits per heavy atom. The Kier molecular flexibility index (Phi) is 6.57. The summed E-state index contributed by atoms with van der Waals surface area (Å²) in [4.78, 5) is 23.2. The van der Waals surface area contributed by atoms with Gasteiger partial charge in [-0.15, -0.1) is 0 Å². The summed E-state index contributed by atoms with van der Waals surface area (Å²) in [6.07, 6.45) is 8.07. The molecule has 4 aromatic rings. The average molecular weight is 478 g/mol. The normalized spacial score (nSPS) is 15.6. The Hall–Kier alpha value is -3.27. The Morgan fingerprint density at radius 3 is 2.74 bits per heavy atom. The summed E-state index contributed by atoms with van der Waals surface area (Å²) in [6.45, 7) is 4.40. The van der Waals surface area contributed by atoms with Crippen molar-refractivity contribution in [3.63, 3.8) is 0 Å². The lowest BCUT2D eigenvalue weighted by molar-refractivity contribution is 0.312. The molecule has 0 spiro atoms. The van der Waals surface area contributed by atoms with Gasteiger partial charge in [0.2, 0.25) is 5.95 Å². The first kappa shape index (κ1) is 22.5. The summed E-state index contributed by atoms with van der Waals surface area (Å²) in [7, 11) is 2.14. The zero-order valence-corrected chi connectivity index (χ0v) is 19.9. The van der Waals surface area contributed by atoms with Crippen LogP contribution in [0.4, 0.5) is 11.8 Å². The molecule has 0 amide bonds. The molecule has 1 aliphatic heterocycles. The van der Waals surface area contributed by atoms with Crippen molar-refractivity contribution in [2.75, 3.05) is 50.0 Å². The summed E-state index contributed by atoms with van der Waals surface area (Å²) in [6, 6.07) is 9.61. The van der Waals surface area contributed by atoms with Gasteiger partial charge in [-0.05, 0) is 43.8 Å². The number of likely N-dealkylation sites (N-methyl/N-ethyl adjacent to an activating group) is 1. The van der Waals surface area contributed by atoms with Crippen LogP contribution in [0.15, 0.2) is 55.1 Å². The highest BCUT2D eigenvalue weighted by molar-refractivity contribution is 6.30. The number of piperazine rings is 1. The molecule has 1 atom stereocenters. The molecule has 10 heteroatoms. The van der Waals surface area contributed by atoms with Crippen LogP contribution in [0, 0.1) is 0 Å². The Balaban J connectivity index is 1.44. The van der Waals surface area contributed by atoms with Gasteiger partial charge in [-0.2, -0.15) is 0 Å². The van der Waals surface area contributed by atoms with Gasteiger partial charge in [0.05, 0.1) is 23.6 Å². The predicted molar refractivity (Wildman–Crippen MR) is 135 cm³/mol. The maximum atomic E-state index is 6.21. The van der Waals surface area contributed by atoms with Crippen LogP contribution in [0.5, 0.6) is 0 Å². The lowest BCUT2D eigenvalue weighted by Gasteiger charge is -2.33. The molecule has 9 nitrogen and oxygen atoms in total. The minimum Gasteiger partial charge on any atom is -0.351 e. The average Bonchev–Trinajstić information content (AvgIpc) is 3.29. The molecule has 1 saturated heterocycles. The van der Waals surface area contributed by atoms with Crippen LogP contribution in [0.2, 0.25) is 5.02 Å². The molecule has 1 aromatic carbocycles. The second-order valence-electron chi connectivity index (χ2n) is 8.47. The molecule has 5 rings (SSSR count). The fraction of sp³-hybridized carbons (Fsp3) is 0.333. The third kappa shape index (κ3) is 4.68. The number of nitrogens with two attached hydrogens (primary N) is 1. The number of nitrogens with one attached hydrogen (secondary N) is 1. The van der Waals surface area contributed by atoms with E-state index >= 15 is 0 Å². The summed E-state index contributed by atoms with van der Waals surface area (Å²) < 4.78 is 2.04. The minimum absolute atomic E-state index is 0.0471. The van der Waals surface area contributed by atoms with Crippen molar-refractivity contribution < 1.29 is 0 Å². The quantitative estimate of drug-likeness (QED) is 0.419. The number of aromatic nitrogens is 5. The van der Waals surface area contributed by atoms with Gasteiger partial charge in [0.15, 0.2) is 11.5 Å². The number of imidazole rings is 1. The van der Waals surface area contributed by atoms with Crippen LogP contribution in [0.3, 0.4) is 0 Å². The molecule has 4 heterocycles. The topological polar surface area (TPSA) is 100 Å². The molecule has 34 heavy (non-hydrogen) atoms. The molecular weight excluding hydrogens is 450 g/mol. The smallest absolute Gasteiger partial charge is 0.223 e. The van der Waals surface area contributed by atoms with Crippen molar-refractivity contribution in [2.24, 2.45) is 5.73 Å². The molecule has 0 aliphatic carbocycles. The molecule has 0 bridgehead atoms. The summed E-state index contributed by atoms with van der Waals surface area (Å²) in [5.74, 6) is 1.43. The van der Waals surface area contributed by atoms with Gasteiger partial charge >= 0.3 is 0 Å². The molecule has 0 saturated carbocycles. The highest BCUT2D eigenvalue weighted by Gasteiger charge is 2.20. The van der Waals surface area contributed by atoms with E-state index in [4.69, 9.17) is 27.3 Å². The summed E-state index contributed by atoms with van der Waals surface area (Å²) in [5, 5.41) is 4.11. The van der Waals surface area contributed by atoms with Crippen molar-refractivity contribution in [3.05, 3.63) is 65.7 Å². The van der Waals surface area contributed by atoms with Crippen LogP contribution in [0.25, 0.3) is 17.0 Å².